The summed E-state index contributed by atoms with van der Waals surface area (Å²) in [5.74, 6) is 0.447. The Kier molecular flexibility index (Phi) is 12.1. The summed E-state index contributed by atoms with van der Waals surface area (Å²) in [5, 5.41) is 32.4. The lowest BCUT2D eigenvalue weighted by Gasteiger charge is -2.40. The summed E-state index contributed by atoms with van der Waals surface area (Å²) < 4.78 is 11.6. The van der Waals surface area contributed by atoms with Crippen molar-refractivity contribution in [2.45, 2.75) is 83.3 Å². The van der Waals surface area contributed by atoms with Crippen LogP contribution in [0.1, 0.15) is 82.9 Å². The molecule has 4 aromatic rings. The van der Waals surface area contributed by atoms with Gasteiger partial charge in [-0.25, -0.2) is 19.9 Å². The van der Waals surface area contributed by atoms with Crippen LogP contribution in [0.3, 0.4) is 0 Å². The van der Waals surface area contributed by atoms with Crippen LogP contribution >= 0.6 is 0 Å². The zero-order valence-electron chi connectivity index (χ0n) is 36.4. The molecule has 3 fully saturated rings. The summed E-state index contributed by atoms with van der Waals surface area (Å²) in [5.41, 5.74) is 10.9. The Labute approximate surface area is 371 Å². The van der Waals surface area contributed by atoms with Crippen LogP contribution in [0.15, 0.2) is 42.7 Å². The van der Waals surface area contributed by atoms with Gasteiger partial charge in [0.05, 0.1) is 61.8 Å². The Hall–Kier alpha value is -5.95. The van der Waals surface area contributed by atoms with Crippen molar-refractivity contribution < 1.29 is 39.2 Å². The number of likely N-dealkylation sites (tertiary alicyclic amines) is 1. The van der Waals surface area contributed by atoms with Gasteiger partial charge in [-0.15, -0.1) is 0 Å². The summed E-state index contributed by atoms with van der Waals surface area (Å²) >= 11 is 0. The largest absolute Gasteiger partial charge is 0.508 e. The number of piperidine rings is 1. The number of aromatic hydroxyl groups is 2. The zero-order valence-corrected chi connectivity index (χ0v) is 36.4. The minimum Gasteiger partial charge on any atom is -0.508 e. The lowest BCUT2D eigenvalue weighted by molar-refractivity contribution is -0.157. The number of amides is 3. The Morgan fingerprint density at radius 1 is 0.859 bits per heavy atom. The third-order valence-corrected chi connectivity index (χ3v) is 13.2. The van der Waals surface area contributed by atoms with Crippen LogP contribution in [0.2, 0.25) is 0 Å². The molecule has 2 aromatic heterocycles. The van der Waals surface area contributed by atoms with E-state index in [9.17, 15) is 29.7 Å². The van der Waals surface area contributed by atoms with Crippen LogP contribution in [-0.4, -0.2) is 150 Å². The second-order valence-electron chi connectivity index (χ2n) is 18.0. The highest BCUT2D eigenvalue weighted by molar-refractivity contribution is 5.97. The second-order valence-corrected chi connectivity index (χ2v) is 18.0. The van der Waals surface area contributed by atoms with Gasteiger partial charge in [-0.2, -0.15) is 0 Å². The number of fused-ring (bicyclic) bond motifs is 2. The smallest absolute Gasteiger partial charge is 0.258 e. The van der Waals surface area contributed by atoms with Gasteiger partial charge >= 0.3 is 0 Å². The molecule has 0 bridgehead atoms. The molecule has 0 unspecified atom stereocenters. The normalized spacial score (nSPS) is 20.0. The summed E-state index contributed by atoms with van der Waals surface area (Å²) in [4.78, 5) is 68.9. The number of carbonyl (C=O) groups excluding carboxylic acids is 3. The highest BCUT2D eigenvalue weighted by atomic mass is 16.5. The molecule has 3 amide bonds. The van der Waals surface area contributed by atoms with Crippen molar-refractivity contribution in [3.05, 3.63) is 81.8 Å². The van der Waals surface area contributed by atoms with Crippen molar-refractivity contribution in [3.8, 4) is 22.9 Å². The van der Waals surface area contributed by atoms with Crippen LogP contribution in [0.25, 0.3) is 11.4 Å². The van der Waals surface area contributed by atoms with E-state index in [-0.39, 0.29) is 72.8 Å². The summed E-state index contributed by atoms with van der Waals surface area (Å²) in [6.07, 6.45) is 3.73. The molecular formula is C46H56N10O8. The van der Waals surface area contributed by atoms with Gasteiger partial charge in [0.1, 0.15) is 17.3 Å². The number of morpholine rings is 2. The molecule has 0 saturated carbocycles. The maximum atomic E-state index is 14.0. The SMILES string of the molecule is CC(C)c1cc(C(=O)N2Cc3ccc(CN4CCC(O)(CC(=O)N5CCO[C@H](C(=O)N6CCc7c(nc(-c8cnc(N)nc8)nc7N7CCOCC7)C6)C5)CC4)cc3C2)c(O)cc1O. The number of nitrogens with two attached hydrogens (primary N) is 1. The van der Waals surface area contributed by atoms with Crippen LogP contribution in [0.4, 0.5) is 11.8 Å². The first-order chi connectivity index (χ1) is 30.8. The predicted octanol–water partition coefficient (Wildman–Crippen LogP) is 2.57. The molecule has 0 spiro atoms. The number of aromatic nitrogens is 4. The van der Waals surface area contributed by atoms with E-state index in [1.807, 2.05) is 19.9 Å². The van der Waals surface area contributed by atoms with Gasteiger partial charge in [0.25, 0.3) is 11.8 Å². The number of nitrogens with zero attached hydrogens (tertiary/aromatic N) is 9. The number of nitrogen functional groups attached to an aromatic ring is 1. The van der Waals surface area contributed by atoms with Crippen molar-refractivity contribution in [2.75, 3.05) is 76.3 Å². The average Bonchev–Trinajstić information content (AvgIpc) is 3.73. The number of ether oxygens (including phenoxy) is 2. The fourth-order valence-electron chi connectivity index (χ4n) is 9.49. The zero-order chi connectivity index (χ0) is 44.7. The number of carbonyl (C=O) groups is 3. The summed E-state index contributed by atoms with van der Waals surface area (Å²) in [6.45, 7) is 10.5. The average molecular weight is 877 g/mol. The summed E-state index contributed by atoms with van der Waals surface area (Å²) in [7, 11) is 0. The van der Waals surface area contributed by atoms with E-state index in [2.05, 4.69) is 31.9 Å². The molecule has 5 aliphatic heterocycles. The van der Waals surface area contributed by atoms with Crippen LogP contribution in [-0.2, 0) is 51.7 Å². The molecule has 9 rings (SSSR count). The highest BCUT2D eigenvalue weighted by Crippen LogP contribution is 2.36. The fraction of sp³-hybridized carbons (Fsp3) is 0.500. The number of hydrogen-bond donors (Lipinski definition) is 4. The lowest BCUT2D eigenvalue weighted by atomic mass is 9.87. The Balaban J connectivity index is 0.781. The van der Waals surface area contributed by atoms with Gasteiger partial charge in [0, 0.05) is 82.9 Å². The third kappa shape index (κ3) is 9.04. The lowest BCUT2D eigenvalue weighted by Crippen LogP contribution is -2.55. The van der Waals surface area contributed by atoms with Crippen molar-refractivity contribution >= 4 is 29.5 Å². The number of phenols is 2. The summed E-state index contributed by atoms with van der Waals surface area (Å²) in [6, 6.07) is 9.05. The number of aliphatic hydroxyl groups is 1. The van der Waals surface area contributed by atoms with Gasteiger partial charge in [-0.05, 0) is 53.5 Å². The molecule has 0 aliphatic carbocycles. The number of hydrogen-bond acceptors (Lipinski definition) is 15. The monoisotopic (exact) mass is 876 g/mol. The molecule has 2 aromatic carbocycles. The number of phenolic OH excluding ortho intramolecular Hbond substituents is 2. The molecule has 7 heterocycles. The van der Waals surface area contributed by atoms with E-state index < -0.39 is 11.7 Å². The van der Waals surface area contributed by atoms with Gasteiger partial charge in [0.2, 0.25) is 11.9 Å². The molecular weight excluding hydrogens is 821 g/mol. The molecule has 0 radical (unpaired) electrons. The van der Waals surface area contributed by atoms with Gasteiger partial charge < -0.3 is 50.1 Å². The van der Waals surface area contributed by atoms with Crippen molar-refractivity contribution in [1.82, 2.24) is 39.5 Å². The maximum Gasteiger partial charge on any atom is 0.258 e. The van der Waals surface area contributed by atoms with Gasteiger partial charge in [0.15, 0.2) is 11.9 Å². The topological polar surface area (TPSA) is 224 Å². The van der Waals surface area contributed by atoms with Crippen LogP contribution in [0.5, 0.6) is 11.5 Å². The molecule has 64 heavy (non-hydrogen) atoms. The van der Waals surface area contributed by atoms with Crippen LogP contribution < -0.4 is 10.6 Å². The fourth-order valence-corrected chi connectivity index (χ4v) is 9.49. The predicted molar refractivity (Wildman–Crippen MR) is 234 cm³/mol. The number of rotatable bonds is 9. The third-order valence-electron chi connectivity index (χ3n) is 13.2. The first-order valence-electron chi connectivity index (χ1n) is 22.2. The molecule has 3 saturated heterocycles. The maximum absolute atomic E-state index is 14.0. The van der Waals surface area contributed by atoms with E-state index in [1.54, 1.807) is 33.2 Å². The number of anilines is 2. The van der Waals surface area contributed by atoms with Crippen molar-refractivity contribution in [2.24, 2.45) is 0 Å². The molecule has 1 atom stereocenters. The highest BCUT2D eigenvalue weighted by Gasteiger charge is 2.40. The number of benzene rings is 2. The van der Waals surface area contributed by atoms with E-state index in [0.29, 0.717) is 108 Å². The minimum atomic E-state index is -1.17. The van der Waals surface area contributed by atoms with E-state index in [4.69, 9.17) is 25.2 Å². The molecule has 18 nitrogen and oxygen atoms in total. The molecule has 5 N–H and O–H groups in total. The minimum absolute atomic E-state index is 0.0149. The van der Waals surface area contributed by atoms with E-state index in [0.717, 1.165) is 33.8 Å². The standard InChI is InChI=1S/C46H56N10O8/c1-28(2)34-18-35(38(58)19-37(34)57)43(60)56-24-30-4-3-29(17-31(30)25-56)23-52-9-6-46(62,7-10-52)20-40(59)54-13-16-64-39(27-54)44(61)55-8-5-33-36(26-55)50-41(32-21-48-45(47)49-22-32)51-42(33)53-11-14-63-15-12-53/h3-4,17-19,21-22,28,39,57-58,62H,5-16,20,23-27H2,1-2H3,(H2,47,48,49)/t39-/m0/s1. The van der Waals surface area contributed by atoms with Gasteiger partial charge in [-0.3, -0.25) is 19.3 Å². The van der Waals surface area contributed by atoms with Crippen molar-refractivity contribution in [3.63, 3.8) is 0 Å². The first kappa shape index (κ1) is 43.3. The molecule has 18 heteroatoms. The Bertz CT molecular complexity index is 2420. The quantitative estimate of drug-likeness (QED) is 0.190. The Morgan fingerprint density at radius 2 is 1.61 bits per heavy atom. The molecule has 338 valence electrons. The van der Waals surface area contributed by atoms with Crippen molar-refractivity contribution in [1.29, 1.82) is 0 Å². The first-order valence-corrected chi connectivity index (χ1v) is 22.2. The molecule has 5 aliphatic rings. The van der Waals surface area contributed by atoms with Crippen LogP contribution in [0, 0.1) is 0 Å². The van der Waals surface area contributed by atoms with Gasteiger partial charge in [-0.1, -0.05) is 32.0 Å². The second kappa shape index (κ2) is 17.9. The Morgan fingerprint density at radius 3 is 2.36 bits per heavy atom. The van der Waals surface area contributed by atoms with E-state index in [1.165, 1.54) is 6.07 Å². The van der Waals surface area contributed by atoms with E-state index >= 15 is 0 Å².